The first-order valence-electron chi connectivity index (χ1n) is 11.3. The minimum Gasteiger partial charge on any atom is -0.507 e. The Hall–Kier alpha value is -3.38. The monoisotopic (exact) mass is 448 g/mol. The van der Waals surface area contributed by atoms with Gasteiger partial charge in [-0.05, 0) is 37.7 Å². The number of aliphatic hydroxyl groups excluding tert-OH is 1. The molecule has 1 aliphatic rings. The van der Waals surface area contributed by atoms with E-state index in [9.17, 15) is 14.7 Å². The largest absolute Gasteiger partial charge is 0.507 e. The summed E-state index contributed by atoms with van der Waals surface area (Å²) >= 11 is 0. The fourth-order valence-corrected chi connectivity index (χ4v) is 4.01. The number of aliphatic hydroxyl groups is 1. The predicted molar refractivity (Wildman–Crippen MR) is 130 cm³/mol. The number of carbonyl (C=O) groups is 2. The summed E-state index contributed by atoms with van der Waals surface area (Å²) in [4.78, 5) is 29.9. The third-order valence-electron chi connectivity index (χ3n) is 5.98. The minimum atomic E-state index is -0.671. The molecular formula is C27H32N2O4. The number of carbonyl (C=O) groups excluding carboxylic acids is 2. The molecule has 0 spiro atoms. The van der Waals surface area contributed by atoms with E-state index in [1.165, 1.54) is 0 Å². The first-order valence-corrected chi connectivity index (χ1v) is 11.3. The first kappa shape index (κ1) is 24.3. The number of likely N-dealkylation sites (N-methyl/N-ethyl adjacent to an activating group) is 1. The average Bonchev–Trinajstić information content (AvgIpc) is 3.08. The Balaban J connectivity index is 2.05. The fraction of sp³-hybridized carbons (Fsp3) is 0.333. The van der Waals surface area contributed by atoms with Crippen molar-refractivity contribution < 1.29 is 19.4 Å². The normalized spacial score (nSPS) is 17.6. The Morgan fingerprint density at radius 1 is 1.09 bits per heavy atom. The maximum absolute atomic E-state index is 13.1. The molecule has 2 aromatic rings. The van der Waals surface area contributed by atoms with Gasteiger partial charge < -0.3 is 19.6 Å². The second-order valence-corrected chi connectivity index (χ2v) is 8.05. The summed E-state index contributed by atoms with van der Waals surface area (Å²) in [6.45, 7) is 12.8. The third kappa shape index (κ3) is 5.34. The van der Waals surface area contributed by atoms with Gasteiger partial charge in [-0.15, -0.1) is 0 Å². The summed E-state index contributed by atoms with van der Waals surface area (Å²) in [5.41, 5.74) is 2.41. The van der Waals surface area contributed by atoms with Gasteiger partial charge in [-0.3, -0.25) is 9.59 Å². The molecule has 0 saturated carbocycles. The maximum atomic E-state index is 13.1. The van der Waals surface area contributed by atoms with Gasteiger partial charge in [0.1, 0.15) is 18.1 Å². The zero-order chi connectivity index (χ0) is 24.0. The van der Waals surface area contributed by atoms with Gasteiger partial charge in [-0.25, -0.2) is 0 Å². The molecule has 0 aromatic heterocycles. The van der Waals surface area contributed by atoms with Crippen molar-refractivity contribution in [3.8, 4) is 5.75 Å². The molecule has 1 aliphatic heterocycles. The van der Waals surface area contributed by atoms with E-state index in [-0.39, 0.29) is 11.3 Å². The predicted octanol–water partition coefficient (Wildman–Crippen LogP) is 4.32. The average molecular weight is 449 g/mol. The molecule has 0 bridgehead atoms. The molecule has 2 aromatic carbocycles. The molecule has 1 amide bonds. The second kappa shape index (κ2) is 11.0. The van der Waals surface area contributed by atoms with Crippen LogP contribution < -0.4 is 4.74 Å². The number of ketones is 1. The lowest BCUT2D eigenvalue weighted by atomic mass is 9.95. The molecule has 0 radical (unpaired) electrons. The number of hydrogen-bond donors (Lipinski definition) is 1. The van der Waals surface area contributed by atoms with Crippen LogP contribution in [0, 0.1) is 6.92 Å². The number of amides is 1. The van der Waals surface area contributed by atoms with E-state index < -0.39 is 17.7 Å². The Morgan fingerprint density at radius 3 is 2.30 bits per heavy atom. The van der Waals surface area contributed by atoms with Crippen LogP contribution in [0.4, 0.5) is 0 Å². The molecule has 174 valence electrons. The summed E-state index contributed by atoms with van der Waals surface area (Å²) < 4.78 is 5.57. The second-order valence-electron chi connectivity index (χ2n) is 8.05. The van der Waals surface area contributed by atoms with Crippen LogP contribution in [-0.2, 0) is 9.59 Å². The van der Waals surface area contributed by atoms with Crippen molar-refractivity contribution in [3.63, 3.8) is 0 Å². The molecule has 1 atom stereocenters. The van der Waals surface area contributed by atoms with Gasteiger partial charge in [0.15, 0.2) is 0 Å². The number of rotatable bonds is 10. The van der Waals surface area contributed by atoms with Gasteiger partial charge in [-0.2, -0.15) is 0 Å². The Bertz CT molecular complexity index is 1020. The number of likely N-dealkylation sites (tertiary alicyclic amines) is 1. The van der Waals surface area contributed by atoms with Crippen molar-refractivity contribution in [1.82, 2.24) is 9.80 Å². The highest BCUT2D eigenvalue weighted by Crippen LogP contribution is 2.39. The number of Topliss-reactive ketones (excluding diaryl/α,β-unsaturated/α-hetero) is 1. The third-order valence-corrected chi connectivity index (χ3v) is 5.98. The van der Waals surface area contributed by atoms with Gasteiger partial charge in [0, 0.05) is 18.7 Å². The molecule has 0 unspecified atom stereocenters. The molecule has 1 saturated heterocycles. The van der Waals surface area contributed by atoms with Crippen molar-refractivity contribution in [2.45, 2.75) is 26.8 Å². The number of ether oxygens (including phenoxy) is 1. The van der Waals surface area contributed by atoms with Gasteiger partial charge in [0.2, 0.25) is 0 Å². The van der Waals surface area contributed by atoms with Crippen LogP contribution in [0.3, 0.4) is 0 Å². The van der Waals surface area contributed by atoms with Crippen LogP contribution in [0.2, 0.25) is 0 Å². The van der Waals surface area contributed by atoms with Crippen molar-refractivity contribution in [2.75, 3.05) is 32.8 Å². The van der Waals surface area contributed by atoms with Crippen molar-refractivity contribution >= 4 is 17.4 Å². The van der Waals surface area contributed by atoms with Crippen molar-refractivity contribution in [2.24, 2.45) is 0 Å². The Labute approximate surface area is 195 Å². The van der Waals surface area contributed by atoms with Crippen LogP contribution in [0.1, 0.15) is 36.6 Å². The van der Waals surface area contributed by atoms with Crippen molar-refractivity contribution in [3.05, 3.63) is 83.4 Å². The molecular weight excluding hydrogens is 416 g/mol. The number of nitrogens with zero attached hydrogens (tertiary/aromatic N) is 2. The molecule has 6 nitrogen and oxygen atoms in total. The van der Waals surface area contributed by atoms with Crippen LogP contribution >= 0.6 is 0 Å². The summed E-state index contributed by atoms with van der Waals surface area (Å²) in [5.74, 6) is -0.745. The SMILES string of the molecule is C=CCOc1ccc([C@@H]2/C(=C(\O)c3ccc(C)cc3)C(=O)C(=O)N2CCN(CC)CC)cc1. The van der Waals surface area contributed by atoms with Gasteiger partial charge in [0.25, 0.3) is 11.7 Å². The van der Waals surface area contributed by atoms with Crippen LogP contribution in [0.25, 0.3) is 5.76 Å². The Morgan fingerprint density at radius 2 is 1.73 bits per heavy atom. The van der Waals surface area contributed by atoms with E-state index in [0.29, 0.717) is 31.0 Å². The van der Waals surface area contributed by atoms with E-state index in [2.05, 4.69) is 25.3 Å². The molecule has 1 heterocycles. The first-order chi connectivity index (χ1) is 15.9. The quantitative estimate of drug-likeness (QED) is 0.254. The molecule has 33 heavy (non-hydrogen) atoms. The van der Waals surface area contributed by atoms with Gasteiger partial charge in [0.05, 0.1) is 11.6 Å². The lowest BCUT2D eigenvalue weighted by Crippen LogP contribution is -2.38. The minimum absolute atomic E-state index is 0.114. The number of hydrogen-bond acceptors (Lipinski definition) is 5. The van der Waals surface area contributed by atoms with Gasteiger partial charge in [-0.1, -0.05) is 68.5 Å². The molecule has 1 N–H and O–H groups in total. The number of benzene rings is 2. The van der Waals surface area contributed by atoms with Crippen LogP contribution in [-0.4, -0.2) is 59.4 Å². The molecule has 3 rings (SSSR count). The maximum Gasteiger partial charge on any atom is 0.295 e. The van der Waals surface area contributed by atoms with E-state index in [1.54, 1.807) is 35.2 Å². The lowest BCUT2D eigenvalue weighted by Gasteiger charge is -2.28. The molecule has 6 heteroatoms. The van der Waals surface area contributed by atoms with Gasteiger partial charge >= 0.3 is 0 Å². The lowest BCUT2D eigenvalue weighted by molar-refractivity contribution is -0.140. The molecule has 0 aliphatic carbocycles. The van der Waals surface area contributed by atoms with E-state index in [0.717, 1.165) is 24.2 Å². The smallest absolute Gasteiger partial charge is 0.295 e. The highest BCUT2D eigenvalue weighted by atomic mass is 16.5. The van der Waals surface area contributed by atoms with Crippen molar-refractivity contribution in [1.29, 1.82) is 0 Å². The van der Waals surface area contributed by atoms with E-state index in [1.807, 2.05) is 31.2 Å². The van der Waals surface area contributed by atoms with E-state index >= 15 is 0 Å². The summed E-state index contributed by atoms with van der Waals surface area (Å²) in [6, 6.07) is 13.9. The van der Waals surface area contributed by atoms with Crippen LogP contribution in [0.15, 0.2) is 66.8 Å². The molecule has 1 fully saturated rings. The zero-order valence-electron chi connectivity index (χ0n) is 19.6. The standard InChI is InChI=1S/C27H32N2O4/c1-5-18-33-22-14-12-20(13-15-22)24-23(25(30)21-10-8-19(4)9-11-21)26(31)27(32)29(24)17-16-28(6-2)7-3/h5,8-15,24,30H,1,6-7,16-18H2,2-4H3/b25-23+/t24-/m1/s1. The fourth-order valence-electron chi connectivity index (χ4n) is 4.01. The number of aryl methyl sites for hydroxylation is 1. The summed E-state index contributed by atoms with van der Waals surface area (Å²) in [5, 5.41) is 11.1. The zero-order valence-corrected chi connectivity index (χ0v) is 19.6. The summed E-state index contributed by atoms with van der Waals surface area (Å²) in [6.07, 6.45) is 1.66. The van der Waals surface area contributed by atoms with E-state index in [4.69, 9.17) is 4.74 Å². The highest BCUT2D eigenvalue weighted by molar-refractivity contribution is 6.46. The van der Waals surface area contributed by atoms with Crippen LogP contribution in [0.5, 0.6) is 5.75 Å². The Kier molecular flexibility index (Phi) is 8.06. The highest BCUT2D eigenvalue weighted by Gasteiger charge is 2.45. The topological polar surface area (TPSA) is 70.1 Å². The summed E-state index contributed by atoms with van der Waals surface area (Å²) in [7, 11) is 0.